The molecule has 0 radical (unpaired) electrons. The number of aromatic nitrogens is 5. The lowest BCUT2D eigenvalue weighted by Gasteiger charge is -2.02. The van der Waals surface area contributed by atoms with Crippen LogP contribution in [0.15, 0.2) is 36.0 Å². The molecule has 7 nitrogen and oxygen atoms in total. The number of carbonyl (C=O) groups is 1. The molecule has 0 aromatic carbocycles. The number of carbonyl (C=O) groups excluding carboxylic acids is 1. The smallest absolute Gasteiger partial charge is 0.277 e. The molecule has 3 aromatic heterocycles. The van der Waals surface area contributed by atoms with E-state index < -0.39 is 0 Å². The highest BCUT2D eigenvalue weighted by atomic mass is 32.1. The van der Waals surface area contributed by atoms with Gasteiger partial charge in [0.25, 0.3) is 5.91 Å². The molecule has 0 unspecified atom stereocenters. The molecule has 3 heterocycles. The molecule has 0 aliphatic rings. The second kappa shape index (κ2) is 5.17. The van der Waals surface area contributed by atoms with Crippen molar-refractivity contribution in [2.24, 2.45) is 0 Å². The van der Waals surface area contributed by atoms with Crippen molar-refractivity contribution in [2.45, 2.75) is 6.92 Å². The summed E-state index contributed by atoms with van der Waals surface area (Å²) in [5.74, 6) is 0.218. The molecule has 0 atom stereocenters. The molecule has 0 spiro atoms. The highest BCUT2D eigenvalue weighted by molar-refractivity contribution is 7.13. The maximum absolute atomic E-state index is 12.0. The Morgan fingerprint density at radius 3 is 2.85 bits per heavy atom. The minimum absolute atomic E-state index is 0.230. The molecule has 0 saturated carbocycles. The Balaban J connectivity index is 1.75. The Kier molecular flexibility index (Phi) is 3.21. The number of nitrogens with one attached hydrogen (secondary N) is 1. The number of hydrogen-bond donors (Lipinski definition) is 1. The molecule has 20 heavy (non-hydrogen) atoms. The van der Waals surface area contributed by atoms with Crippen LogP contribution in [0.3, 0.4) is 0 Å². The van der Waals surface area contributed by atoms with E-state index >= 15 is 0 Å². The Morgan fingerprint density at radius 2 is 2.25 bits per heavy atom. The monoisotopic (exact) mass is 286 g/mol. The first-order chi connectivity index (χ1) is 9.72. The van der Waals surface area contributed by atoms with Gasteiger partial charge in [-0.1, -0.05) is 0 Å². The van der Waals surface area contributed by atoms with Gasteiger partial charge in [0.05, 0.1) is 5.69 Å². The highest BCUT2D eigenvalue weighted by Crippen LogP contribution is 2.15. The van der Waals surface area contributed by atoms with Crippen LogP contribution in [-0.4, -0.2) is 30.9 Å². The maximum Gasteiger partial charge on any atom is 0.277 e. The largest absolute Gasteiger partial charge is 0.296 e. The van der Waals surface area contributed by atoms with Crippen molar-refractivity contribution in [2.75, 3.05) is 5.32 Å². The van der Waals surface area contributed by atoms with Crippen LogP contribution >= 0.6 is 11.3 Å². The average molecular weight is 286 g/mol. The van der Waals surface area contributed by atoms with E-state index in [0.717, 1.165) is 5.69 Å². The third-order valence-electron chi connectivity index (χ3n) is 2.46. The summed E-state index contributed by atoms with van der Waals surface area (Å²) < 4.78 is 1.57. The SMILES string of the molecule is Cc1csc(NC(=O)c2ccc(-n3cccn3)nn2)n1. The van der Waals surface area contributed by atoms with Gasteiger partial charge >= 0.3 is 0 Å². The van der Waals surface area contributed by atoms with E-state index in [1.807, 2.05) is 12.3 Å². The third-order valence-corrected chi connectivity index (χ3v) is 3.34. The summed E-state index contributed by atoms with van der Waals surface area (Å²) >= 11 is 1.37. The van der Waals surface area contributed by atoms with E-state index in [0.29, 0.717) is 10.9 Å². The Bertz CT molecular complexity index is 719. The van der Waals surface area contributed by atoms with Crippen LogP contribution in [0.4, 0.5) is 5.13 Å². The molecule has 8 heteroatoms. The average Bonchev–Trinajstić information content (AvgIpc) is 3.11. The van der Waals surface area contributed by atoms with Gasteiger partial charge in [-0.15, -0.1) is 21.5 Å². The molecule has 3 aromatic rings. The van der Waals surface area contributed by atoms with E-state index in [2.05, 4.69) is 25.6 Å². The maximum atomic E-state index is 12.0. The standard InChI is InChI=1S/C12H10N6OS/c1-8-7-20-12(14-8)15-11(19)9-3-4-10(17-16-9)18-6-2-5-13-18/h2-7H,1H3,(H,14,15,19). The van der Waals surface area contributed by atoms with Gasteiger partial charge in [-0.25, -0.2) is 9.67 Å². The Labute approximate surface area is 118 Å². The van der Waals surface area contributed by atoms with Crippen LogP contribution in [0, 0.1) is 6.92 Å². The molecular weight excluding hydrogens is 276 g/mol. The van der Waals surface area contributed by atoms with Crippen LogP contribution in [0.1, 0.15) is 16.2 Å². The van der Waals surface area contributed by atoms with Crippen LogP contribution in [0.2, 0.25) is 0 Å². The highest BCUT2D eigenvalue weighted by Gasteiger charge is 2.11. The van der Waals surface area contributed by atoms with Gasteiger partial charge in [0.1, 0.15) is 0 Å². The summed E-state index contributed by atoms with van der Waals surface area (Å²) in [6.07, 6.45) is 3.40. The van der Waals surface area contributed by atoms with Gasteiger partial charge in [-0.3, -0.25) is 10.1 Å². The first-order valence-corrected chi connectivity index (χ1v) is 6.67. The minimum atomic E-state index is -0.334. The predicted octanol–water partition coefficient (Wildman–Crippen LogP) is 1.68. The van der Waals surface area contributed by atoms with Crippen molar-refractivity contribution in [1.29, 1.82) is 0 Å². The van der Waals surface area contributed by atoms with Gasteiger partial charge in [-0.2, -0.15) is 5.10 Å². The number of thiazole rings is 1. The van der Waals surface area contributed by atoms with Crippen molar-refractivity contribution in [3.05, 3.63) is 47.4 Å². The summed E-state index contributed by atoms with van der Waals surface area (Å²) in [7, 11) is 0. The Hall–Kier alpha value is -2.61. The van der Waals surface area contributed by atoms with Crippen molar-refractivity contribution in [3.63, 3.8) is 0 Å². The number of nitrogens with zero attached hydrogens (tertiary/aromatic N) is 5. The second-order valence-corrected chi connectivity index (χ2v) is 4.83. The van der Waals surface area contributed by atoms with Gasteiger partial charge in [0.15, 0.2) is 16.6 Å². The number of amides is 1. The topological polar surface area (TPSA) is 85.6 Å². The quantitative estimate of drug-likeness (QED) is 0.791. The fourth-order valence-electron chi connectivity index (χ4n) is 1.55. The van der Waals surface area contributed by atoms with Crippen molar-refractivity contribution < 1.29 is 4.79 Å². The molecule has 0 aliphatic carbocycles. The lowest BCUT2D eigenvalue weighted by atomic mass is 10.3. The Morgan fingerprint density at radius 1 is 1.35 bits per heavy atom. The van der Waals surface area contributed by atoms with Crippen LogP contribution < -0.4 is 5.32 Å². The third kappa shape index (κ3) is 2.54. The van der Waals surface area contributed by atoms with E-state index in [-0.39, 0.29) is 11.6 Å². The summed E-state index contributed by atoms with van der Waals surface area (Å²) in [4.78, 5) is 16.1. The summed E-state index contributed by atoms with van der Waals surface area (Å²) in [5, 5.41) is 17.0. The van der Waals surface area contributed by atoms with Crippen molar-refractivity contribution in [3.8, 4) is 5.82 Å². The lowest BCUT2D eigenvalue weighted by Crippen LogP contribution is -2.15. The molecule has 100 valence electrons. The van der Waals surface area contributed by atoms with Gasteiger partial charge in [0, 0.05) is 17.8 Å². The second-order valence-electron chi connectivity index (χ2n) is 3.98. The van der Waals surface area contributed by atoms with Gasteiger partial charge < -0.3 is 0 Å². The number of aryl methyl sites for hydroxylation is 1. The molecule has 3 rings (SSSR count). The normalized spacial score (nSPS) is 10.4. The zero-order valence-corrected chi connectivity index (χ0v) is 11.3. The number of anilines is 1. The van der Waals surface area contributed by atoms with Crippen molar-refractivity contribution >= 4 is 22.4 Å². The lowest BCUT2D eigenvalue weighted by molar-refractivity contribution is 0.102. The van der Waals surface area contributed by atoms with Crippen LogP contribution in [0.5, 0.6) is 0 Å². The summed E-state index contributed by atoms with van der Waals surface area (Å²) in [6.45, 7) is 1.87. The van der Waals surface area contributed by atoms with Crippen LogP contribution in [-0.2, 0) is 0 Å². The summed E-state index contributed by atoms with van der Waals surface area (Å²) in [5.41, 5.74) is 1.10. The fraction of sp³-hybridized carbons (Fsp3) is 0.0833. The molecule has 0 fully saturated rings. The van der Waals surface area contributed by atoms with E-state index in [4.69, 9.17) is 0 Å². The predicted molar refractivity (Wildman–Crippen MR) is 74.0 cm³/mol. The minimum Gasteiger partial charge on any atom is -0.296 e. The zero-order chi connectivity index (χ0) is 13.9. The van der Waals surface area contributed by atoms with E-state index in [1.165, 1.54) is 11.3 Å². The molecule has 0 saturated heterocycles. The molecular formula is C12H10N6OS. The van der Waals surface area contributed by atoms with Crippen LogP contribution in [0.25, 0.3) is 5.82 Å². The van der Waals surface area contributed by atoms with E-state index in [9.17, 15) is 4.79 Å². The number of hydrogen-bond acceptors (Lipinski definition) is 6. The molecule has 0 bridgehead atoms. The van der Waals surface area contributed by atoms with E-state index in [1.54, 1.807) is 35.3 Å². The van der Waals surface area contributed by atoms with Gasteiger partial charge in [-0.05, 0) is 25.1 Å². The molecule has 1 N–H and O–H groups in total. The summed E-state index contributed by atoms with van der Waals surface area (Å²) in [6, 6.07) is 5.06. The molecule has 0 aliphatic heterocycles. The molecule has 1 amide bonds. The first-order valence-electron chi connectivity index (χ1n) is 5.79. The zero-order valence-electron chi connectivity index (χ0n) is 10.5. The number of rotatable bonds is 3. The van der Waals surface area contributed by atoms with Gasteiger partial charge in [0.2, 0.25) is 0 Å². The van der Waals surface area contributed by atoms with Crippen molar-refractivity contribution in [1.82, 2.24) is 25.0 Å². The fourth-order valence-corrected chi connectivity index (χ4v) is 2.23. The first kappa shape index (κ1) is 12.4.